The molecule has 0 saturated carbocycles. The van der Waals surface area contributed by atoms with Crippen LogP contribution in [0.4, 0.5) is 0 Å². The molecule has 80 valence electrons. The van der Waals surface area contributed by atoms with Crippen molar-refractivity contribution in [1.29, 1.82) is 0 Å². The molecular weight excluding hydrogens is 206 g/mol. The van der Waals surface area contributed by atoms with E-state index in [0.717, 1.165) is 12.8 Å². The van der Waals surface area contributed by atoms with Gasteiger partial charge in [0.15, 0.2) is 5.78 Å². The van der Waals surface area contributed by atoms with Crippen LogP contribution in [0, 0.1) is 5.41 Å². The molecule has 0 atom stereocenters. The van der Waals surface area contributed by atoms with Gasteiger partial charge >= 0.3 is 0 Å². The van der Waals surface area contributed by atoms with Gasteiger partial charge in [-0.25, -0.2) is 0 Å². The highest BCUT2D eigenvalue weighted by atomic mass is 32.1. The van der Waals surface area contributed by atoms with E-state index in [-0.39, 0.29) is 11.2 Å². The van der Waals surface area contributed by atoms with Crippen molar-refractivity contribution in [3.05, 3.63) is 28.2 Å². The maximum Gasteiger partial charge on any atom is 0.156 e. The van der Waals surface area contributed by atoms with Gasteiger partial charge in [0.2, 0.25) is 0 Å². The number of rotatable bonds is 2. The lowest BCUT2D eigenvalue weighted by Crippen LogP contribution is -2.22. The van der Waals surface area contributed by atoms with Crippen molar-refractivity contribution < 1.29 is 4.79 Å². The molecule has 2 nitrogen and oxygen atoms in total. The number of ketones is 1. The van der Waals surface area contributed by atoms with Crippen LogP contribution in [0.3, 0.4) is 0 Å². The minimum absolute atomic E-state index is 0.131. The van der Waals surface area contributed by atoms with E-state index < -0.39 is 0 Å². The normalized spacial score (nSPS) is 20.1. The van der Waals surface area contributed by atoms with Gasteiger partial charge in [-0.05, 0) is 17.9 Å². The van der Waals surface area contributed by atoms with Crippen molar-refractivity contribution in [2.24, 2.45) is 5.41 Å². The highest BCUT2D eigenvalue weighted by molar-refractivity contribution is 7.09. The molecule has 1 aliphatic rings. The molecule has 0 spiro atoms. The standard InChI is InChI=1S/C12H15NOS/c1-12(2)5-9(3-10(14)6-12)4-11-7-13-8-15-11/h3,7-8H,4-6H2,1-2H3. The van der Waals surface area contributed by atoms with Gasteiger partial charge in [0, 0.05) is 23.9 Å². The van der Waals surface area contributed by atoms with E-state index in [0.29, 0.717) is 6.42 Å². The molecule has 0 N–H and O–H groups in total. The second kappa shape index (κ2) is 3.89. The molecule has 0 radical (unpaired) electrons. The summed E-state index contributed by atoms with van der Waals surface area (Å²) in [5.74, 6) is 0.269. The first-order valence-electron chi connectivity index (χ1n) is 5.15. The van der Waals surface area contributed by atoms with Gasteiger partial charge in [0.25, 0.3) is 0 Å². The summed E-state index contributed by atoms with van der Waals surface area (Å²) >= 11 is 1.65. The third-order valence-corrected chi connectivity index (χ3v) is 3.39. The van der Waals surface area contributed by atoms with Crippen LogP contribution in [0.5, 0.6) is 0 Å². The number of aromatic nitrogens is 1. The van der Waals surface area contributed by atoms with Gasteiger partial charge in [-0.2, -0.15) is 0 Å². The maximum atomic E-state index is 11.5. The zero-order chi connectivity index (χ0) is 10.9. The second-order valence-electron chi connectivity index (χ2n) is 4.93. The fraction of sp³-hybridized carbons (Fsp3) is 0.500. The lowest BCUT2D eigenvalue weighted by Gasteiger charge is -2.28. The third kappa shape index (κ3) is 2.75. The van der Waals surface area contributed by atoms with Crippen molar-refractivity contribution >= 4 is 17.1 Å². The first-order valence-corrected chi connectivity index (χ1v) is 6.03. The zero-order valence-corrected chi connectivity index (χ0v) is 9.93. The van der Waals surface area contributed by atoms with E-state index in [1.807, 2.05) is 17.8 Å². The quantitative estimate of drug-likeness (QED) is 0.768. The van der Waals surface area contributed by atoms with Crippen molar-refractivity contribution in [2.75, 3.05) is 0 Å². The van der Waals surface area contributed by atoms with Crippen LogP contribution in [0.25, 0.3) is 0 Å². The Morgan fingerprint density at radius 1 is 1.47 bits per heavy atom. The number of hydrogen-bond acceptors (Lipinski definition) is 3. The molecule has 0 aromatic carbocycles. The van der Waals surface area contributed by atoms with Gasteiger partial charge in [-0.15, -0.1) is 11.3 Å². The average Bonchev–Trinajstić information content (AvgIpc) is 2.52. The van der Waals surface area contributed by atoms with E-state index in [9.17, 15) is 4.79 Å². The van der Waals surface area contributed by atoms with Crippen LogP contribution >= 0.6 is 11.3 Å². The minimum atomic E-state index is 0.131. The van der Waals surface area contributed by atoms with Crippen molar-refractivity contribution in [2.45, 2.75) is 33.1 Å². The molecule has 0 aliphatic heterocycles. The summed E-state index contributed by atoms with van der Waals surface area (Å²) in [4.78, 5) is 16.8. The summed E-state index contributed by atoms with van der Waals surface area (Å²) in [5, 5.41) is 0. The minimum Gasteiger partial charge on any atom is -0.295 e. The topological polar surface area (TPSA) is 30.0 Å². The van der Waals surface area contributed by atoms with Crippen molar-refractivity contribution in [3.63, 3.8) is 0 Å². The predicted octanol–water partition coefficient (Wildman–Crippen LogP) is 3.00. The van der Waals surface area contributed by atoms with Crippen molar-refractivity contribution in [1.82, 2.24) is 4.98 Å². The van der Waals surface area contributed by atoms with Crippen LogP contribution in [0.2, 0.25) is 0 Å². The van der Waals surface area contributed by atoms with Gasteiger partial charge in [0.1, 0.15) is 0 Å². The monoisotopic (exact) mass is 221 g/mol. The van der Waals surface area contributed by atoms with Gasteiger partial charge in [0.05, 0.1) is 5.51 Å². The van der Waals surface area contributed by atoms with E-state index >= 15 is 0 Å². The van der Waals surface area contributed by atoms with Crippen LogP contribution in [-0.4, -0.2) is 10.8 Å². The third-order valence-electron chi connectivity index (χ3n) is 2.61. The fourth-order valence-electron chi connectivity index (χ4n) is 2.15. The van der Waals surface area contributed by atoms with Gasteiger partial charge in [-0.1, -0.05) is 19.4 Å². The molecule has 3 heteroatoms. The molecule has 0 amide bonds. The van der Waals surface area contributed by atoms with E-state index in [1.54, 1.807) is 11.3 Å². The number of thiazole rings is 1. The highest BCUT2D eigenvalue weighted by Gasteiger charge is 2.27. The Bertz CT molecular complexity index is 390. The smallest absolute Gasteiger partial charge is 0.156 e. The largest absolute Gasteiger partial charge is 0.295 e. The first kappa shape index (κ1) is 10.6. The first-order chi connectivity index (χ1) is 7.05. The van der Waals surface area contributed by atoms with E-state index in [1.165, 1.54) is 10.5 Å². The summed E-state index contributed by atoms with van der Waals surface area (Å²) in [7, 11) is 0. The lowest BCUT2D eigenvalue weighted by molar-refractivity contribution is -0.117. The van der Waals surface area contributed by atoms with Gasteiger partial charge < -0.3 is 0 Å². The molecule has 1 aliphatic carbocycles. The molecule has 1 aromatic heterocycles. The fourth-order valence-corrected chi connectivity index (χ4v) is 2.79. The average molecular weight is 221 g/mol. The Hall–Kier alpha value is -0.960. The molecule has 15 heavy (non-hydrogen) atoms. The molecule has 1 heterocycles. The Morgan fingerprint density at radius 3 is 2.87 bits per heavy atom. The Kier molecular flexibility index (Phi) is 2.74. The molecule has 0 saturated heterocycles. The summed E-state index contributed by atoms with van der Waals surface area (Å²) in [6.07, 6.45) is 6.30. The van der Waals surface area contributed by atoms with Crippen molar-refractivity contribution in [3.8, 4) is 0 Å². The molecule has 2 rings (SSSR count). The van der Waals surface area contributed by atoms with Gasteiger partial charge in [-0.3, -0.25) is 9.78 Å². The summed E-state index contributed by atoms with van der Waals surface area (Å²) in [6.45, 7) is 4.31. The van der Waals surface area contributed by atoms with Crippen LogP contribution in [0.15, 0.2) is 23.4 Å². The highest BCUT2D eigenvalue weighted by Crippen LogP contribution is 2.35. The molecule has 0 bridgehead atoms. The Balaban J connectivity index is 2.13. The number of allylic oxidation sites excluding steroid dienone is 2. The molecule has 0 unspecified atom stereocenters. The Labute approximate surface area is 94.0 Å². The Morgan fingerprint density at radius 2 is 2.27 bits per heavy atom. The van der Waals surface area contributed by atoms with E-state index in [4.69, 9.17) is 0 Å². The summed E-state index contributed by atoms with van der Waals surface area (Å²) < 4.78 is 0. The lowest BCUT2D eigenvalue weighted by atomic mass is 9.76. The predicted molar refractivity (Wildman–Crippen MR) is 61.9 cm³/mol. The molecule has 1 aromatic rings. The number of carbonyl (C=O) groups is 1. The second-order valence-corrected chi connectivity index (χ2v) is 5.90. The summed E-state index contributed by atoms with van der Waals surface area (Å²) in [5.41, 5.74) is 3.22. The summed E-state index contributed by atoms with van der Waals surface area (Å²) in [6, 6.07) is 0. The molecular formula is C12H15NOS. The van der Waals surface area contributed by atoms with Crippen LogP contribution in [0.1, 0.15) is 31.6 Å². The number of nitrogens with zero attached hydrogens (tertiary/aromatic N) is 1. The van der Waals surface area contributed by atoms with Crippen LogP contribution < -0.4 is 0 Å². The zero-order valence-electron chi connectivity index (χ0n) is 9.12. The SMILES string of the molecule is CC1(C)CC(=O)C=C(Cc2cncs2)C1. The van der Waals surface area contributed by atoms with Crippen LogP contribution in [-0.2, 0) is 11.2 Å². The maximum absolute atomic E-state index is 11.5. The number of carbonyl (C=O) groups excluding carboxylic acids is 1. The molecule has 0 fully saturated rings. The number of hydrogen-bond donors (Lipinski definition) is 0. The van der Waals surface area contributed by atoms with E-state index in [2.05, 4.69) is 18.8 Å².